The molecule has 0 atom stereocenters. The monoisotopic (exact) mass is 361 g/mol. The van der Waals surface area contributed by atoms with E-state index in [0.29, 0.717) is 0 Å². The van der Waals surface area contributed by atoms with Gasteiger partial charge < -0.3 is 10.2 Å². The van der Waals surface area contributed by atoms with Crippen LogP contribution in [0.4, 0.5) is 36.2 Å². The summed E-state index contributed by atoms with van der Waals surface area (Å²) in [4.78, 5) is 19.5. The first-order valence-corrected chi connectivity index (χ1v) is 6.79. The molecule has 1 heterocycles. The molecule has 128 valence electrons. The van der Waals surface area contributed by atoms with E-state index >= 15 is 0 Å². The summed E-state index contributed by atoms with van der Waals surface area (Å²) in [6.07, 6.45) is -3.58. The van der Waals surface area contributed by atoms with E-state index in [1.165, 1.54) is 11.0 Å². The molecule has 24 heavy (non-hydrogen) atoms. The normalized spacial score (nSPS) is 11.2. The standard InChI is InChI=1S/C13H11ClF3N5O2/c1-21(2)12-10(22(23)24)11(18-6-19-12)20-7-3-4-9(14)8(5-7)13(15,16)17/h3-6H,1-2H3,(H,18,19,20). The second-order valence-corrected chi connectivity index (χ2v) is 5.27. The lowest BCUT2D eigenvalue weighted by molar-refractivity contribution is -0.383. The Kier molecular flexibility index (Phi) is 4.78. The van der Waals surface area contributed by atoms with Crippen molar-refractivity contribution in [3.8, 4) is 0 Å². The fourth-order valence-electron chi connectivity index (χ4n) is 1.91. The molecule has 0 bridgehead atoms. The van der Waals surface area contributed by atoms with Crippen LogP contribution in [0.3, 0.4) is 0 Å². The van der Waals surface area contributed by atoms with Crippen molar-refractivity contribution in [2.24, 2.45) is 0 Å². The molecule has 0 saturated carbocycles. The Hall–Kier alpha value is -2.62. The molecule has 1 aromatic heterocycles. The highest BCUT2D eigenvalue weighted by Gasteiger charge is 2.33. The molecule has 0 aliphatic rings. The number of anilines is 3. The van der Waals surface area contributed by atoms with Gasteiger partial charge in [-0.25, -0.2) is 9.97 Å². The number of hydrogen-bond acceptors (Lipinski definition) is 6. The molecule has 0 aliphatic heterocycles. The van der Waals surface area contributed by atoms with Gasteiger partial charge >= 0.3 is 11.9 Å². The highest BCUT2D eigenvalue weighted by molar-refractivity contribution is 6.31. The number of halogens is 4. The highest BCUT2D eigenvalue weighted by Crippen LogP contribution is 2.38. The van der Waals surface area contributed by atoms with Crippen molar-refractivity contribution in [1.29, 1.82) is 0 Å². The smallest absolute Gasteiger partial charge is 0.357 e. The molecule has 0 saturated heterocycles. The van der Waals surface area contributed by atoms with Gasteiger partial charge in [-0.2, -0.15) is 13.2 Å². The largest absolute Gasteiger partial charge is 0.417 e. The second-order valence-electron chi connectivity index (χ2n) is 4.86. The van der Waals surface area contributed by atoms with Crippen LogP contribution in [0.25, 0.3) is 0 Å². The Morgan fingerprint density at radius 2 is 1.96 bits per heavy atom. The SMILES string of the molecule is CN(C)c1ncnc(Nc2ccc(Cl)c(C(F)(F)F)c2)c1[N+](=O)[O-]. The van der Waals surface area contributed by atoms with Crippen LogP contribution in [0.2, 0.25) is 5.02 Å². The van der Waals surface area contributed by atoms with Crippen molar-refractivity contribution in [3.63, 3.8) is 0 Å². The minimum Gasteiger partial charge on any atom is -0.357 e. The third-order valence-electron chi connectivity index (χ3n) is 2.94. The van der Waals surface area contributed by atoms with Crippen LogP contribution in [-0.2, 0) is 6.18 Å². The molecular weight excluding hydrogens is 351 g/mol. The summed E-state index contributed by atoms with van der Waals surface area (Å²) in [5, 5.41) is 13.3. The maximum atomic E-state index is 12.9. The molecule has 0 spiro atoms. The molecule has 0 amide bonds. The van der Waals surface area contributed by atoms with Crippen molar-refractivity contribution in [3.05, 3.63) is 45.2 Å². The van der Waals surface area contributed by atoms with Gasteiger partial charge in [0, 0.05) is 19.8 Å². The number of alkyl halides is 3. The number of benzene rings is 1. The molecule has 0 fully saturated rings. The summed E-state index contributed by atoms with van der Waals surface area (Å²) in [7, 11) is 3.09. The molecule has 0 aliphatic carbocycles. The van der Waals surface area contributed by atoms with Gasteiger partial charge in [0.05, 0.1) is 15.5 Å². The number of rotatable bonds is 4. The fourth-order valence-corrected chi connectivity index (χ4v) is 2.14. The summed E-state index contributed by atoms with van der Waals surface area (Å²) >= 11 is 5.54. The third-order valence-corrected chi connectivity index (χ3v) is 3.27. The highest BCUT2D eigenvalue weighted by atomic mass is 35.5. The quantitative estimate of drug-likeness (QED) is 0.657. The maximum Gasteiger partial charge on any atom is 0.417 e. The maximum absolute atomic E-state index is 12.9. The molecule has 0 radical (unpaired) electrons. The zero-order chi connectivity index (χ0) is 18.1. The summed E-state index contributed by atoms with van der Waals surface area (Å²) in [5.41, 5.74) is -1.55. The van der Waals surface area contributed by atoms with Crippen LogP contribution < -0.4 is 10.2 Å². The molecule has 0 unspecified atom stereocenters. The third kappa shape index (κ3) is 3.65. The van der Waals surface area contributed by atoms with E-state index in [9.17, 15) is 23.3 Å². The summed E-state index contributed by atoms with van der Waals surface area (Å²) in [5.74, 6) is -0.211. The van der Waals surface area contributed by atoms with Crippen molar-refractivity contribution < 1.29 is 18.1 Å². The lowest BCUT2D eigenvalue weighted by Crippen LogP contribution is -2.14. The van der Waals surface area contributed by atoms with Gasteiger partial charge in [0.1, 0.15) is 6.33 Å². The Labute approximate surface area is 139 Å². The predicted octanol–water partition coefficient (Wildman–Crippen LogP) is 3.87. The Bertz CT molecular complexity index is 783. The van der Waals surface area contributed by atoms with Gasteiger partial charge in [-0.1, -0.05) is 11.6 Å². The van der Waals surface area contributed by atoms with E-state index in [4.69, 9.17) is 11.6 Å². The summed E-state index contributed by atoms with van der Waals surface area (Å²) in [6, 6.07) is 3.06. The second kappa shape index (κ2) is 6.48. The van der Waals surface area contributed by atoms with Crippen LogP contribution in [-0.4, -0.2) is 29.0 Å². The Morgan fingerprint density at radius 1 is 1.29 bits per heavy atom. The van der Waals surface area contributed by atoms with Gasteiger partial charge in [-0.05, 0) is 18.2 Å². The number of hydrogen-bond donors (Lipinski definition) is 1. The van der Waals surface area contributed by atoms with Gasteiger partial charge in [-0.3, -0.25) is 10.1 Å². The lowest BCUT2D eigenvalue weighted by Gasteiger charge is -2.14. The van der Waals surface area contributed by atoms with E-state index < -0.39 is 27.4 Å². The lowest BCUT2D eigenvalue weighted by atomic mass is 10.2. The van der Waals surface area contributed by atoms with Crippen molar-refractivity contribution in [2.45, 2.75) is 6.18 Å². The molecule has 2 rings (SSSR count). The van der Waals surface area contributed by atoms with Crippen LogP contribution in [0.1, 0.15) is 5.56 Å². The number of nitrogens with one attached hydrogen (secondary N) is 1. The van der Waals surface area contributed by atoms with Crippen LogP contribution in [0.5, 0.6) is 0 Å². The first-order chi connectivity index (χ1) is 11.1. The average molecular weight is 362 g/mol. The molecule has 7 nitrogen and oxygen atoms in total. The fraction of sp³-hybridized carbons (Fsp3) is 0.231. The van der Waals surface area contributed by atoms with Crippen LogP contribution >= 0.6 is 11.6 Å². The first-order valence-electron chi connectivity index (χ1n) is 6.41. The molecule has 1 N–H and O–H groups in total. The van der Waals surface area contributed by atoms with Crippen LogP contribution in [0, 0.1) is 10.1 Å². The number of nitro groups is 1. The molecular formula is C13H11ClF3N5O2. The zero-order valence-corrected chi connectivity index (χ0v) is 13.2. The van der Waals surface area contributed by atoms with Crippen molar-refractivity contribution in [2.75, 3.05) is 24.3 Å². The zero-order valence-electron chi connectivity index (χ0n) is 12.4. The predicted molar refractivity (Wildman–Crippen MR) is 82.8 cm³/mol. The number of nitrogens with zero attached hydrogens (tertiary/aromatic N) is 4. The minimum atomic E-state index is -4.65. The van der Waals surface area contributed by atoms with Gasteiger partial charge in [0.2, 0.25) is 11.6 Å². The Balaban J connectivity index is 2.49. The Morgan fingerprint density at radius 3 is 2.50 bits per heavy atom. The molecule has 2 aromatic rings. The topological polar surface area (TPSA) is 84.2 Å². The van der Waals surface area contributed by atoms with E-state index in [-0.39, 0.29) is 17.3 Å². The van der Waals surface area contributed by atoms with Crippen LogP contribution in [0.15, 0.2) is 24.5 Å². The first kappa shape index (κ1) is 17.7. The van der Waals surface area contributed by atoms with Crippen molar-refractivity contribution >= 4 is 34.6 Å². The molecule has 1 aromatic carbocycles. The number of aromatic nitrogens is 2. The van der Waals surface area contributed by atoms with E-state index in [0.717, 1.165) is 18.5 Å². The van der Waals surface area contributed by atoms with Gasteiger partial charge in [0.25, 0.3) is 0 Å². The van der Waals surface area contributed by atoms with Crippen molar-refractivity contribution in [1.82, 2.24) is 9.97 Å². The average Bonchev–Trinajstić information content (AvgIpc) is 2.47. The van der Waals surface area contributed by atoms with Gasteiger partial charge in [0.15, 0.2) is 0 Å². The molecule has 11 heteroatoms. The summed E-state index contributed by atoms with van der Waals surface area (Å²) < 4.78 is 38.7. The minimum absolute atomic E-state index is 0.0162. The van der Waals surface area contributed by atoms with Gasteiger partial charge in [-0.15, -0.1) is 0 Å². The van der Waals surface area contributed by atoms with E-state index in [1.807, 2.05) is 0 Å². The van der Waals surface area contributed by atoms with E-state index in [2.05, 4.69) is 15.3 Å². The van der Waals surface area contributed by atoms with E-state index in [1.54, 1.807) is 14.1 Å². The summed E-state index contributed by atoms with van der Waals surface area (Å²) in [6.45, 7) is 0.